The van der Waals surface area contributed by atoms with E-state index >= 15 is 0 Å². The summed E-state index contributed by atoms with van der Waals surface area (Å²) in [6.45, 7) is 0. The first-order valence-electron chi connectivity index (χ1n) is 5.60. The maximum Gasteiger partial charge on any atom is 0.0601 e. The first-order valence-corrected chi connectivity index (χ1v) is 7.94. The van der Waals surface area contributed by atoms with Crippen LogP contribution in [0.1, 0.15) is 17.2 Å². The molecule has 0 aromatic heterocycles. The van der Waals surface area contributed by atoms with Gasteiger partial charge in [0.25, 0.3) is 0 Å². The molecule has 1 atom stereocenters. The van der Waals surface area contributed by atoms with Crippen LogP contribution in [0.15, 0.2) is 45.3 Å². The van der Waals surface area contributed by atoms with Crippen molar-refractivity contribution in [3.05, 3.63) is 66.5 Å². The lowest BCUT2D eigenvalue weighted by atomic mass is 9.99. The predicted molar refractivity (Wildman–Crippen MR) is 89.2 cm³/mol. The van der Waals surface area contributed by atoms with Crippen molar-refractivity contribution in [2.45, 2.75) is 6.04 Å². The second-order valence-electron chi connectivity index (χ2n) is 4.05. The topological polar surface area (TPSA) is 12.0 Å². The highest BCUT2D eigenvalue weighted by Crippen LogP contribution is 2.35. The van der Waals surface area contributed by atoms with Crippen LogP contribution < -0.4 is 5.32 Å². The largest absolute Gasteiger partial charge is 0.309 e. The summed E-state index contributed by atoms with van der Waals surface area (Å²) in [6.07, 6.45) is 0. The molecule has 0 aliphatic heterocycles. The second kappa shape index (κ2) is 6.59. The van der Waals surface area contributed by atoms with Crippen LogP contribution in [0.4, 0.5) is 0 Å². The van der Waals surface area contributed by atoms with Gasteiger partial charge in [-0.1, -0.05) is 55.1 Å². The molecule has 1 nitrogen and oxygen atoms in total. The highest BCUT2D eigenvalue weighted by atomic mass is 79.9. The molecule has 2 aromatic carbocycles. The molecule has 100 valence electrons. The maximum atomic E-state index is 6.29. The van der Waals surface area contributed by atoms with Gasteiger partial charge in [-0.3, -0.25) is 0 Å². The highest BCUT2D eigenvalue weighted by Gasteiger charge is 2.18. The molecule has 0 spiro atoms. The second-order valence-corrected chi connectivity index (χ2v) is 6.67. The third-order valence-electron chi connectivity index (χ3n) is 2.83. The van der Waals surface area contributed by atoms with Gasteiger partial charge in [-0.25, -0.2) is 0 Å². The van der Waals surface area contributed by atoms with Crippen molar-refractivity contribution < 1.29 is 0 Å². The molecule has 0 radical (unpaired) electrons. The third-order valence-corrected chi connectivity index (χ3v) is 4.62. The molecule has 2 aromatic rings. The van der Waals surface area contributed by atoms with E-state index in [0.717, 1.165) is 20.1 Å². The van der Waals surface area contributed by atoms with Gasteiger partial charge in [-0.2, -0.15) is 0 Å². The lowest BCUT2D eigenvalue weighted by molar-refractivity contribution is 0.689. The van der Waals surface area contributed by atoms with E-state index in [2.05, 4.69) is 43.2 Å². The van der Waals surface area contributed by atoms with Gasteiger partial charge in [-0.15, -0.1) is 0 Å². The van der Waals surface area contributed by atoms with E-state index < -0.39 is 0 Å². The van der Waals surface area contributed by atoms with E-state index in [9.17, 15) is 0 Å². The quantitative estimate of drug-likeness (QED) is 0.655. The molecule has 0 bridgehead atoms. The van der Waals surface area contributed by atoms with Crippen LogP contribution >= 0.6 is 55.1 Å². The fraction of sp³-hybridized carbons (Fsp3) is 0.143. The van der Waals surface area contributed by atoms with E-state index in [0.29, 0.717) is 10.0 Å². The summed E-state index contributed by atoms with van der Waals surface area (Å²) in [5, 5.41) is 4.64. The van der Waals surface area contributed by atoms with E-state index in [4.69, 9.17) is 23.2 Å². The van der Waals surface area contributed by atoms with Gasteiger partial charge in [0.05, 0.1) is 6.04 Å². The van der Waals surface area contributed by atoms with Crippen LogP contribution in [0, 0.1) is 0 Å². The molecule has 0 heterocycles. The van der Waals surface area contributed by atoms with Crippen molar-refractivity contribution in [3.8, 4) is 0 Å². The molecular weight excluding hydrogens is 413 g/mol. The lowest BCUT2D eigenvalue weighted by Crippen LogP contribution is -2.18. The number of halogens is 4. The number of benzene rings is 2. The molecule has 2 rings (SSSR count). The fourth-order valence-electron chi connectivity index (χ4n) is 1.95. The van der Waals surface area contributed by atoms with Gasteiger partial charge in [0.15, 0.2) is 0 Å². The number of hydrogen-bond donors (Lipinski definition) is 1. The summed E-state index contributed by atoms with van der Waals surface area (Å²) >= 11 is 19.4. The molecule has 5 heteroatoms. The predicted octanol–water partition coefficient (Wildman–Crippen LogP) is 5.83. The molecule has 1 unspecified atom stereocenters. The normalized spacial score (nSPS) is 12.5. The van der Waals surface area contributed by atoms with Gasteiger partial charge >= 0.3 is 0 Å². The minimum atomic E-state index is -0.0296. The van der Waals surface area contributed by atoms with Gasteiger partial charge in [0.2, 0.25) is 0 Å². The van der Waals surface area contributed by atoms with Crippen LogP contribution in [0.25, 0.3) is 0 Å². The molecule has 0 aliphatic rings. The van der Waals surface area contributed by atoms with Gasteiger partial charge in [0.1, 0.15) is 0 Å². The zero-order valence-corrected chi connectivity index (χ0v) is 14.7. The molecule has 1 N–H and O–H groups in total. The van der Waals surface area contributed by atoms with E-state index in [1.165, 1.54) is 0 Å². The Morgan fingerprint density at radius 1 is 1.00 bits per heavy atom. The Kier molecular flexibility index (Phi) is 5.32. The summed E-state index contributed by atoms with van der Waals surface area (Å²) < 4.78 is 2.04. The number of hydrogen-bond acceptors (Lipinski definition) is 1. The number of nitrogens with one attached hydrogen (secondary N) is 1. The molecule has 19 heavy (non-hydrogen) atoms. The molecule has 0 amide bonds. The van der Waals surface area contributed by atoms with Gasteiger partial charge in [-0.05, 0) is 54.6 Å². The Bertz CT molecular complexity index is 550. The molecular formula is C14H11Br2Cl2N. The van der Waals surface area contributed by atoms with Crippen LogP contribution in [0.3, 0.4) is 0 Å². The standard InChI is InChI=1S/C14H11Br2Cl2N/c1-19-14(10-6-8(15)2-4-12(10)16)11-7-9(17)3-5-13(11)18/h2-7,14,19H,1H3. The zero-order chi connectivity index (χ0) is 14.0. The monoisotopic (exact) mass is 421 g/mol. The highest BCUT2D eigenvalue weighted by molar-refractivity contribution is 9.11. The maximum absolute atomic E-state index is 6.29. The average Bonchev–Trinajstić information content (AvgIpc) is 2.38. The Balaban J connectivity index is 2.55. The Morgan fingerprint density at radius 3 is 2.42 bits per heavy atom. The molecule has 0 saturated carbocycles. The zero-order valence-electron chi connectivity index (χ0n) is 10.1. The van der Waals surface area contributed by atoms with Crippen molar-refractivity contribution >= 4 is 55.1 Å². The minimum absolute atomic E-state index is 0.0296. The van der Waals surface area contributed by atoms with Crippen LogP contribution in [-0.4, -0.2) is 7.05 Å². The summed E-state index contributed by atoms with van der Waals surface area (Å²) in [6, 6.07) is 11.5. The Hall–Kier alpha value is -0.0600. The summed E-state index contributed by atoms with van der Waals surface area (Å²) in [5.74, 6) is 0. The smallest absolute Gasteiger partial charge is 0.0601 e. The van der Waals surface area contributed by atoms with Crippen LogP contribution in [-0.2, 0) is 0 Å². The van der Waals surface area contributed by atoms with Crippen molar-refractivity contribution in [1.29, 1.82) is 0 Å². The van der Waals surface area contributed by atoms with Crippen molar-refractivity contribution in [3.63, 3.8) is 0 Å². The summed E-state index contributed by atoms with van der Waals surface area (Å²) in [5.41, 5.74) is 2.05. The van der Waals surface area contributed by atoms with Crippen LogP contribution in [0.2, 0.25) is 10.0 Å². The van der Waals surface area contributed by atoms with Crippen molar-refractivity contribution in [2.75, 3.05) is 7.05 Å². The molecule has 0 fully saturated rings. The van der Waals surface area contributed by atoms with Gasteiger partial charge < -0.3 is 5.32 Å². The van der Waals surface area contributed by atoms with Crippen molar-refractivity contribution in [1.82, 2.24) is 5.32 Å². The van der Waals surface area contributed by atoms with E-state index in [1.807, 2.05) is 31.3 Å². The Morgan fingerprint density at radius 2 is 1.74 bits per heavy atom. The summed E-state index contributed by atoms with van der Waals surface area (Å²) in [4.78, 5) is 0. The van der Waals surface area contributed by atoms with Crippen molar-refractivity contribution in [2.24, 2.45) is 0 Å². The fourth-order valence-corrected chi connectivity index (χ4v) is 3.21. The average molecular weight is 424 g/mol. The van der Waals surface area contributed by atoms with Crippen LogP contribution in [0.5, 0.6) is 0 Å². The molecule has 0 saturated heterocycles. The van der Waals surface area contributed by atoms with E-state index in [-0.39, 0.29) is 6.04 Å². The molecule has 0 aliphatic carbocycles. The first-order chi connectivity index (χ1) is 9.02. The SMILES string of the molecule is CNC(c1cc(Cl)ccc1Cl)c1cc(Br)ccc1Br. The minimum Gasteiger partial charge on any atom is -0.309 e. The van der Waals surface area contributed by atoms with E-state index in [1.54, 1.807) is 6.07 Å². The number of rotatable bonds is 3. The first kappa shape index (κ1) is 15.3. The lowest BCUT2D eigenvalue weighted by Gasteiger charge is -2.20. The summed E-state index contributed by atoms with van der Waals surface area (Å²) in [7, 11) is 1.90. The Labute approximate surface area is 139 Å². The third kappa shape index (κ3) is 3.53. The van der Waals surface area contributed by atoms with Gasteiger partial charge in [0, 0.05) is 19.0 Å².